The summed E-state index contributed by atoms with van der Waals surface area (Å²) in [4.78, 5) is 17.4. The van der Waals surface area contributed by atoms with Crippen molar-refractivity contribution in [3.63, 3.8) is 0 Å². The van der Waals surface area contributed by atoms with Crippen LogP contribution in [0.15, 0.2) is 35.2 Å². The SMILES string of the molecule is Cc1ccsc1C(=O)c1cnc2ccsc2c1. The summed E-state index contributed by atoms with van der Waals surface area (Å²) in [6.07, 6.45) is 1.66. The molecule has 0 aliphatic heterocycles. The Morgan fingerprint density at radius 1 is 1.24 bits per heavy atom. The first-order valence-electron chi connectivity index (χ1n) is 5.18. The average Bonchev–Trinajstić information content (AvgIpc) is 2.95. The second kappa shape index (κ2) is 4.05. The van der Waals surface area contributed by atoms with Crippen LogP contribution in [0.4, 0.5) is 0 Å². The summed E-state index contributed by atoms with van der Waals surface area (Å²) < 4.78 is 1.06. The highest BCUT2D eigenvalue weighted by molar-refractivity contribution is 7.17. The standard InChI is InChI=1S/C13H9NOS2/c1-8-2-4-17-13(8)12(15)9-6-11-10(14-7-9)3-5-16-11/h2-7H,1H3. The zero-order valence-corrected chi connectivity index (χ0v) is 10.8. The summed E-state index contributed by atoms with van der Waals surface area (Å²) in [6, 6.07) is 5.86. The number of thiophene rings is 2. The third-order valence-electron chi connectivity index (χ3n) is 2.63. The number of ketones is 1. The van der Waals surface area contributed by atoms with Gasteiger partial charge in [-0.25, -0.2) is 0 Å². The highest BCUT2D eigenvalue weighted by Crippen LogP contribution is 2.23. The van der Waals surface area contributed by atoms with E-state index in [0.717, 1.165) is 20.7 Å². The predicted molar refractivity (Wildman–Crippen MR) is 72.1 cm³/mol. The first-order chi connectivity index (χ1) is 8.25. The van der Waals surface area contributed by atoms with Crippen molar-refractivity contribution in [3.8, 4) is 0 Å². The molecule has 0 fully saturated rings. The second-order valence-corrected chi connectivity index (χ2v) is 5.65. The average molecular weight is 259 g/mol. The molecule has 3 aromatic rings. The van der Waals surface area contributed by atoms with Crippen LogP contribution in [0.2, 0.25) is 0 Å². The minimum absolute atomic E-state index is 0.0697. The van der Waals surface area contributed by atoms with E-state index in [1.165, 1.54) is 11.3 Å². The lowest BCUT2D eigenvalue weighted by Gasteiger charge is -1.99. The van der Waals surface area contributed by atoms with Crippen LogP contribution < -0.4 is 0 Å². The largest absolute Gasteiger partial charge is 0.288 e. The zero-order chi connectivity index (χ0) is 11.8. The molecule has 0 aromatic carbocycles. The number of aromatic nitrogens is 1. The molecule has 2 nitrogen and oxygen atoms in total. The molecule has 0 amide bonds. The van der Waals surface area contributed by atoms with Gasteiger partial charge in [-0.1, -0.05) is 0 Å². The highest BCUT2D eigenvalue weighted by atomic mass is 32.1. The van der Waals surface area contributed by atoms with Crippen molar-refractivity contribution in [1.29, 1.82) is 0 Å². The molecule has 4 heteroatoms. The van der Waals surface area contributed by atoms with Gasteiger partial charge >= 0.3 is 0 Å². The van der Waals surface area contributed by atoms with Gasteiger partial charge in [0.05, 0.1) is 15.1 Å². The summed E-state index contributed by atoms with van der Waals surface area (Å²) in [5, 5.41) is 3.93. The van der Waals surface area contributed by atoms with Gasteiger partial charge in [0.15, 0.2) is 0 Å². The van der Waals surface area contributed by atoms with Crippen molar-refractivity contribution in [3.05, 3.63) is 51.2 Å². The van der Waals surface area contributed by atoms with Crippen LogP contribution in [0.25, 0.3) is 10.2 Å². The normalized spacial score (nSPS) is 10.9. The summed E-state index contributed by atoms with van der Waals surface area (Å²) in [5.74, 6) is 0.0697. The lowest BCUT2D eigenvalue weighted by atomic mass is 10.1. The van der Waals surface area contributed by atoms with Crippen LogP contribution in [0, 0.1) is 6.92 Å². The summed E-state index contributed by atoms with van der Waals surface area (Å²) in [6.45, 7) is 1.96. The first kappa shape index (κ1) is 10.6. The maximum absolute atomic E-state index is 12.3. The van der Waals surface area contributed by atoms with Gasteiger partial charge in [0.2, 0.25) is 5.78 Å². The number of hydrogen-bond donors (Lipinski definition) is 0. The maximum Gasteiger partial charge on any atom is 0.204 e. The molecule has 17 heavy (non-hydrogen) atoms. The van der Waals surface area contributed by atoms with E-state index in [-0.39, 0.29) is 5.78 Å². The lowest BCUT2D eigenvalue weighted by Crippen LogP contribution is -2.00. The van der Waals surface area contributed by atoms with Crippen LogP contribution in [-0.2, 0) is 0 Å². The van der Waals surface area contributed by atoms with E-state index in [1.807, 2.05) is 35.9 Å². The highest BCUT2D eigenvalue weighted by Gasteiger charge is 2.14. The molecule has 0 N–H and O–H groups in total. The molecule has 0 atom stereocenters. The van der Waals surface area contributed by atoms with E-state index in [0.29, 0.717) is 5.56 Å². The molecule has 0 bridgehead atoms. The predicted octanol–water partition coefficient (Wildman–Crippen LogP) is 3.90. The number of rotatable bonds is 2. The molecule has 0 unspecified atom stereocenters. The molecular formula is C13H9NOS2. The zero-order valence-electron chi connectivity index (χ0n) is 9.14. The van der Waals surface area contributed by atoms with Crippen molar-refractivity contribution in [2.45, 2.75) is 6.92 Å². The number of fused-ring (bicyclic) bond motifs is 1. The van der Waals surface area contributed by atoms with Crippen LogP contribution in [0.1, 0.15) is 20.8 Å². The minimum atomic E-state index is 0.0697. The third-order valence-corrected chi connectivity index (χ3v) is 4.50. The van der Waals surface area contributed by atoms with E-state index in [9.17, 15) is 4.79 Å². The molecule has 3 heterocycles. The quantitative estimate of drug-likeness (QED) is 0.653. The maximum atomic E-state index is 12.3. The minimum Gasteiger partial charge on any atom is -0.288 e. The van der Waals surface area contributed by atoms with E-state index in [2.05, 4.69) is 4.98 Å². The first-order valence-corrected chi connectivity index (χ1v) is 6.93. The van der Waals surface area contributed by atoms with E-state index >= 15 is 0 Å². The van der Waals surface area contributed by atoms with Crippen molar-refractivity contribution in [2.24, 2.45) is 0 Å². The molecular weight excluding hydrogens is 250 g/mol. The van der Waals surface area contributed by atoms with Crippen LogP contribution in [0.3, 0.4) is 0 Å². The summed E-state index contributed by atoms with van der Waals surface area (Å²) in [5.41, 5.74) is 2.66. The second-order valence-electron chi connectivity index (χ2n) is 3.79. The number of carbonyl (C=O) groups excluding carboxylic acids is 1. The monoisotopic (exact) mass is 259 g/mol. The fourth-order valence-electron chi connectivity index (χ4n) is 1.71. The fraction of sp³-hybridized carbons (Fsp3) is 0.0769. The Morgan fingerprint density at radius 2 is 2.06 bits per heavy atom. The van der Waals surface area contributed by atoms with Gasteiger partial charge in [-0.05, 0) is 41.4 Å². The summed E-state index contributed by atoms with van der Waals surface area (Å²) in [7, 11) is 0. The number of aryl methyl sites for hydroxylation is 1. The van der Waals surface area contributed by atoms with Gasteiger partial charge in [0.1, 0.15) is 0 Å². The molecule has 0 spiro atoms. The van der Waals surface area contributed by atoms with Gasteiger partial charge in [0.25, 0.3) is 0 Å². The lowest BCUT2D eigenvalue weighted by molar-refractivity contribution is 0.104. The molecule has 0 aliphatic carbocycles. The Kier molecular flexibility index (Phi) is 2.53. The summed E-state index contributed by atoms with van der Waals surface area (Å²) >= 11 is 3.10. The van der Waals surface area contributed by atoms with Gasteiger partial charge in [-0.2, -0.15) is 0 Å². The van der Waals surface area contributed by atoms with Crippen LogP contribution in [-0.4, -0.2) is 10.8 Å². The van der Waals surface area contributed by atoms with Crippen LogP contribution >= 0.6 is 22.7 Å². The number of hydrogen-bond acceptors (Lipinski definition) is 4. The van der Waals surface area contributed by atoms with Crippen molar-refractivity contribution >= 4 is 38.7 Å². The van der Waals surface area contributed by atoms with Gasteiger partial charge in [0, 0.05) is 11.8 Å². The Hall–Kier alpha value is -1.52. The van der Waals surface area contributed by atoms with E-state index in [4.69, 9.17) is 0 Å². The van der Waals surface area contributed by atoms with Gasteiger partial charge in [-0.3, -0.25) is 9.78 Å². The number of nitrogens with zero attached hydrogens (tertiary/aromatic N) is 1. The Labute approximate surface area is 107 Å². The number of carbonyl (C=O) groups is 1. The van der Waals surface area contributed by atoms with Crippen LogP contribution in [0.5, 0.6) is 0 Å². The fourth-order valence-corrected chi connectivity index (χ4v) is 3.37. The van der Waals surface area contributed by atoms with Crippen molar-refractivity contribution in [2.75, 3.05) is 0 Å². The molecule has 0 radical (unpaired) electrons. The van der Waals surface area contributed by atoms with Gasteiger partial charge in [-0.15, -0.1) is 22.7 Å². The van der Waals surface area contributed by atoms with E-state index in [1.54, 1.807) is 17.5 Å². The molecule has 0 saturated heterocycles. The Balaban J connectivity index is 2.09. The number of pyridine rings is 1. The van der Waals surface area contributed by atoms with Crippen molar-refractivity contribution < 1.29 is 4.79 Å². The Morgan fingerprint density at radius 3 is 2.82 bits per heavy atom. The Bertz CT molecular complexity index is 696. The molecule has 84 valence electrons. The molecule has 3 rings (SSSR count). The topological polar surface area (TPSA) is 30.0 Å². The van der Waals surface area contributed by atoms with Gasteiger partial charge < -0.3 is 0 Å². The van der Waals surface area contributed by atoms with E-state index < -0.39 is 0 Å². The molecule has 0 saturated carbocycles. The molecule has 3 aromatic heterocycles. The third kappa shape index (κ3) is 1.79. The van der Waals surface area contributed by atoms with Crippen molar-refractivity contribution in [1.82, 2.24) is 4.98 Å². The smallest absolute Gasteiger partial charge is 0.204 e. The molecule has 0 aliphatic rings.